The van der Waals surface area contributed by atoms with Crippen molar-refractivity contribution in [2.45, 2.75) is 72.4 Å². The number of primary amides is 1. The highest BCUT2D eigenvalue weighted by molar-refractivity contribution is 6.04. The molecule has 1 aromatic carbocycles. The summed E-state index contributed by atoms with van der Waals surface area (Å²) < 4.78 is 5.33. The molecule has 2 rings (SSSR count). The number of nitrogens with two attached hydrogens (primary N) is 1. The van der Waals surface area contributed by atoms with Crippen LogP contribution in [-0.4, -0.2) is 54.7 Å². The summed E-state index contributed by atoms with van der Waals surface area (Å²) in [5.74, 6) is -2.39. The van der Waals surface area contributed by atoms with Crippen molar-refractivity contribution < 1.29 is 28.4 Å². The van der Waals surface area contributed by atoms with Crippen LogP contribution in [0.1, 0.15) is 58.9 Å². The predicted molar refractivity (Wildman–Crippen MR) is 150 cm³/mol. The van der Waals surface area contributed by atoms with E-state index < -0.39 is 42.0 Å². The standard InChI is InChI=1S/C28H39N5O7/c1-16(2)12-22(32-19(5)35)28(39)31-15-25(36)33(23(27(29)38)8-6-7-11-30-18(4)34)20-9-10-21-17(3)13-26(37)40-24(21)14-20/h9-10,13-14,16,22-23H,6-8,11-12,15H2,1-5H3,(H2,29,38)(H,30,34)(H,31,39)(H,32,35)/t22-,23-/m0/s1. The molecule has 5 N–H and O–H groups in total. The third kappa shape index (κ3) is 9.51. The van der Waals surface area contributed by atoms with Gasteiger partial charge in [0, 0.05) is 43.6 Å². The van der Waals surface area contributed by atoms with Crippen LogP contribution in [0.15, 0.2) is 33.5 Å². The Kier molecular flexibility index (Phi) is 11.8. The van der Waals surface area contributed by atoms with Crippen molar-refractivity contribution in [2.75, 3.05) is 18.0 Å². The van der Waals surface area contributed by atoms with Crippen LogP contribution in [0, 0.1) is 12.8 Å². The third-order valence-corrected chi connectivity index (χ3v) is 6.22. The normalized spacial score (nSPS) is 12.4. The zero-order valence-electron chi connectivity index (χ0n) is 23.7. The fraction of sp³-hybridized carbons (Fsp3) is 0.500. The van der Waals surface area contributed by atoms with E-state index in [0.717, 1.165) is 0 Å². The number of amides is 5. The number of hydrogen-bond donors (Lipinski definition) is 4. The van der Waals surface area contributed by atoms with Gasteiger partial charge in [-0.1, -0.05) is 13.8 Å². The van der Waals surface area contributed by atoms with Crippen LogP contribution in [0.5, 0.6) is 0 Å². The minimum absolute atomic E-state index is 0.0993. The molecule has 40 heavy (non-hydrogen) atoms. The number of rotatable bonds is 14. The van der Waals surface area contributed by atoms with E-state index in [0.29, 0.717) is 36.8 Å². The second-order valence-electron chi connectivity index (χ2n) is 10.2. The summed E-state index contributed by atoms with van der Waals surface area (Å²) in [6.45, 7) is 8.18. The summed E-state index contributed by atoms with van der Waals surface area (Å²) in [5, 5.41) is 8.49. The average molecular weight is 558 g/mol. The molecule has 0 saturated carbocycles. The Morgan fingerprint density at radius 3 is 2.30 bits per heavy atom. The van der Waals surface area contributed by atoms with E-state index in [4.69, 9.17) is 10.2 Å². The van der Waals surface area contributed by atoms with E-state index in [9.17, 15) is 28.8 Å². The van der Waals surface area contributed by atoms with Gasteiger partial charge in [-0.25, -0.2) is 4.79 Å². The molecule has 0 radical (unpaired) electrons. The molecule has 0 aliphatic carbocycles. The molecule has 218 valence electrons. The van der Waals surface area contributed by atoms with Gasteiger partial charge < -0.3 is 26.1 Å². The van der Waals surface area contributed by atoms with Crippen molar-refractivity contribution in [3.05, 3.63) is 40.2 Å². The lowest BCUT2D eigenvalue weighted by Crippen LogP contribution is -2.53. The van der Waals surface area contributed by atoms with E-state index in [-0.39, 0.29) is 35.4 Å². The zero-order chi connectivity index (χ0) is 30.0. The number of carbonyl (C=O) groups excluding carboxylic acids is 5. The van der Waals surface area contributed by atoms with Crippen LogP contribution in [0.4, 0.5) is 5.69 Å². The molecule has 0 unspecified atom stereocenters. The number of anilines is 1. The Hall–Kier alpha value is -4.22. The van der Waals surface area contributed by atoms with E-state index in [2.05, 4.69) is 16.0 Å². The van der Waals surface area contributed by atoms with Gasteiger partial charge in [0.05, 0.1) is 6.54 Å². The van der Waals surface area contributed by atoms with Crippen molar-refractivity contribution in [2.24, 2.45) is 11.7 Å². The summed E-state index contributed by atoms with van der Waals surface area (Å²) in [6.07, 6.45) is 1.56. The maximum absolute atomic E-state index is 13.6. The minimum Gasteiger partial charge on any atom is -0.423 e. The predicted octanol–water partition coefficient (Wildman–Crippen LogP) is 1.26. The number of benzene rings is 1. The van der Waals surface area contributed by atoms with Crippen molar-refractivity contribution in [1.82, 2.24) is 16.0 Å². The average Bonchev–Trinajstić information content (AvgIpc) is 2.84. The van der Waals surface area contributed by atoms with Gasteiger partial charge in [-0.2, -0.15) is 0 Å². The summed E-state index contributed by atoms with van der Waals surface area (Å²) in [7, 11) is 0. The van der Waals surface area contributed by atoms with Crippen LogP contribution < -0.4 is 32.2 Å². The summed E-state index contributed by atoms with van der Waals surface area (Å²) >= 11 is 0. The summed E-state index contributed by atoms with van der Waals surface area (Å²) in [5.41, 5.74) is 6.34. The molecule has 0 aliphatic heterocycles. The number of carbonyl (C=O) groups is 5. The first-order valence-electron chi connectivity index (χ1n) is 13.2. The van der Waals surface area contributed by atoms with Gasteiger partial charge in [-0.05, 0) is 56.2 Å². The number of nitrogens with one attached hydrogen (secondary N) is 3. The minimum atomic E-state index is -1.09. The monoisotopic (exact) mass is 557 g/mol. The molecule has 12 nitrogen and oxygen atoms in total. The molecule has 2 atom stereocenters. The van der Waals surface area contributed by atoms with E-state index in [1.807, 2.05) is 13.8 Å². The Balaban J connectivity index is 2.38. The van der Waals surface area contributed by atoms with Crippen molar-refractivity contribution in [3.63, 3.8) is 0 Å². The SMILES string of the molecule is CC(=O)NCCCC[C@@H](C(N)=O)N(C(=O)CNC(=O)[C@H](CC(C)C)NC(C)=O)c1ccc2c(C)cc(=O)oc2c1. The fourth-order valence-electron chi connectivity index (χ4n) is 4.41. The first-order chi connectivity index (χ1) is 18.8. The van der Waals surface area contributed by atoms with E-state index >= 15 is 0 Å². The lowest BCUT2D eigenvalue weighted by Gasteiger charge is -2.30. The summed E-state index contributed by atoms with van der Waals surface area (Å²) in [4.78, 5) is 75.0. The first-order valence-corrected chi connectivity index (χ1v) is 13.2. The number of fused-ring (bicyclic) bond motifs is 1. The van der Waals surface area contributed by atoms with Crippen LogP contribution in [0.3, 0.4) is 0 Å². The zero-order valence-corrected chi connectivity index (χ0v) is 23.7. The highest BCUT2D eigenvalue weighted by atomic mass is 16.4. The lowest BCUT2D eigenvalue weighted by molar-refractivity contribution is -0.130. The van der Waals surface area contributed by atoms with Crippen molar-refractivity contribution in [1.29, 1.82) is 0 Å². The maximum atomic E-state index is 13.6. The third-order valence-electron chi connectivity index (χ3n) is 6.22. The van der Waals surface area contributed by atoms with Crippen molar-refractivity contribution in [3.8, 4) is 0 Å². The largest absolute Gasteiger partial charge is 0.423 e. The van der Waals surface area contributed by atoms with Gasteiger partial charge >= 0.3 is 5.63 Å². The number of hydrogen-bond acceptors (Lipinski definition) is 7. The van der Waals surface area contributed by atoms with Gasteiger partial charge in [0.1, 0.15) is 17.7 Å². The number of unbranched alkanes of at least 4 members (excludes halogenated alkanes) is 1. The molecule has 0 spiro atoms. The number of nitrogens with zero attached hydrogens (tertiary/aromatic N) is 1. The highest BCUT2D eigenvalue weighted by Gasteiger charge is 2.31. The number of aryl methyl sites for hydroxylation is 1. The van der Waals surface area contributed by atoms with Crippen LogP contribution in [0.25, 0.3) is 11.0 Å². The van der Waals surface area contributed by atoms with Gasteiger partial charge in [-0.15, -0.1) is 0 Å². The Morgan fingerprint density at radius 1 is 1.00 bits per heavy atom. The maximum Gasteiger partial charge on any atom is 0.336 e. The smallest absolute Gasteiger partial charge is 0.336 e. The molecule has 0 aliphatic rings. The Morgan fingerprint density at radius 2 is 1.70 bits per heavy atom. The molecule has 0 fully saturated rings. The topological polar surface area (TPSA) is 181 Å². The van der Waals surface area contributed by atoms with Crippen LogP contribution in [0.2, 0.25) is 0 Å². The lowest BCUT2D eigenvalue weighted by atomic mass is 10.0. The van der Waals surface area contributed by atoms with Gasteiger partial charge in [0.2, 0.25) is 29.5 Å². The molecule has 12 heteroatoms. The molecular formula is C28H39N5O7. The molecule has 1 aromatic heterocycles. The second-order valence-corrected chi connectivity index (χ2v) is 10.2. The molecule has 5 amide bonds. The quantitative estimate of drug-likeness (QED) is 0.199. The van der Waals surface area contributed by atoms with Gasteiger partial charge in [0.15, 0.2) is 0 Å². The molecule has 1 heterocycles. The van der Waals surface area contributed by atoms with E-state index in [1.165, 1.54) is 30.9 Å². The van der Waals surface area contributed by atoms with Gasteiger partial charge in [-0.3, -0.25) is 28.9 Å². The van der Waals surface area contributed by atoms with Crippen LogP contribution in [-0.2, 0) is 24.0 Å². The Labute approximate surface area is 233 Å². The first kappa shape index (κ1) is 32.0. The Bertz CT molecular complexity index is 1300. The molecule has 2 aromatic rings. The molecular weight excluding hydrogens is 518 g/mol. The van der Waals surface area contributed by atoms with Gasteiger partial charge in [0.25, 0.3) is 0 Å². The second kappa shape index (κ2) is 14.8. The van der Waals surface area contributed by atoms with E-state index in [1.54, 1.807) is 19.1 Å². The molecule has 0 saturated heterocycles. The highest BCUT2D eigenvalue weighted by Crippen LogP contribution is 2.26. The summed E-state index contributed by atoms with van der Waals surface area (Å²) in [6, 6.07) is 4.20. The molecule has 0 bridgehead atoms. The van der Waals surface area contributed by atoms with Crippen molar-refractivity contribution >= 4 is 46.2 Å². The van der Waals surface area contributed by atoms with Crippen LogP contribution >= 0.6 is 0 Å². The fourth-order valence-corrected chi connectivity index (χ4v) is 4.41.